The third-order valence-electron chi connectivity index (χ3n) is 5.04. The van der Waals surface area contributed by atoms with Crippen molar-refractivity contribution in [3.05, 3.63) is 12.2 Å². The summed E-state index contributed by atoms with van der Waals surface area (Å²) in [4.78, 5) is 10.5. The molecular formula is C20H36O2. The van der Waals surface area contributed by atoms with Gasteiger partial charge in [-0.05, 0) is 50.4 Å². The predicted octanol–water partition coefficient (Wildman–Crippen LogP) is 6.35. The molecule has 1 aliphatic rings. The van der Waals surface area contributed by atoms with Gasteiger partial charge in [-0.3, -0.25) is 4.79 Å². The minimum Gasteiger partial charge on any atom is -0.481 e. The molecule has 1 rings (SSSR count). The van der Waals surface area contributed by atoms with Gasteiger partial charge < -0.3 is 5.11 Å². The molecule has 1 N–H and O–H groups in total. The van der Waals surface area contributed by atoms with Crippen molar-refractivity contribution in [2.75, 3.05) is 0 Å². The van der Waals surface area contributed by atoms with E-state index in [1.807, 2.05) is 0 Å². The van der Waals surface area contributed by atoms with Crippen molar-refractivity contribution in [2.24, 2.45) is 11.8 Å². The first kappa shape index (κ1) is 19.3. The molecule has 0 radical (unpaired) electrons. The van der Waals surface area contributed by atoms with Crippen LogP contribution in [0.15, 0.2) is 12.2 Å². The van der Waals surface area contributed by atoms with E-state index in [9.17, 15) is 4.79 Å². The first-order chi connectivity index (χ1) is 10.7. The Morgan fingerprint density at radius 3 is 2.59 bits per heavy atom. The third kappa shape index (κ3) is 9.27. The molecule has 0 spiro atoms. The van der Waals surface area contributed by atoms with Crippen LogP contribution in [0.2, 0.25) is 0 Å². The number of hydrogen-bond acceptors (Lipinski definition) is 1. The zero-order valence-electron chi connectivity index (χ0n) is 14.6. The van der Waals surface area contributed by atoms with E-state index in [1.54, 1.807) is 0 Å². The summed E-state index contributed by atoms with van der Waals surface area (Å²) >= 11 is 0. The van der Waals surface area contributed by atoms with Crippen molar-refractivity contribution in [2.45, 2.75) is 96.8 Å². The van der Waals surface area contributed by atoms with Crippen LogP contribution in [0.5, 0.6) is 0 Å². The van der Waals surface area contributed by atoms with E-state index < -0.39 is 5.97 Å². The zero-order valence-corrected chi connectivity index (χ0v) is 14.6. The maximum Gasteiger partial charge on any atom is 0.303 e. The SMILES string of the molecule is CCCCCCC=C[C@H]1CCC[C@H]1CCCCCCC(=O)O. The number of carbonyl (C=O) groups is 1. The molecule has 22 heavy (non-hydrogen) atoms. The fourth-order valence-electron chi connectivity index (χ4n) is 3.67. The monoisotopic (exact) mass is 308 g/mol. The minimum absolute atomic E-state index is 0.340. The highest BCUT2D eigenvalue weighted by atomic mass is 16.4. The highest BCUT2D eigenvalue weighted by Gasteiger charge is 2.24. The van der Waals surface area contributed by atoms with Crippen LogP contribution >= 0.6 is 0 Å². The summed E-state index contributed by atoms with van der Waals surface area (Å²) in [6.07, 6.45) is 21.9. The maximum absolute atomic E-state index is 10.5. The first-order valence-electron chi connectivity index (χ1n) is 9.62. The van der Waals surface area contributed by atoms with Gasteiger partial charge in [0.15, 0.2) is 0 Å². The normalized spacial score (nSPS) is 21.7. The second kappa shape index (κ2) is 12.7. The fraction of sp³-hybridized carbons (Fsp3) is 0.850. The second-order valence-corrected chi connectivity index (χ2v) is 6.98. The molecule has 2 heteroatoms. The van der Waals surface area contributed by atoms with E-state index in [1.165, 1.54) is 70.6 Å². The Kier molecular flexibility index (Phi) is 11.1. The van der Waals surface area contributed by atoms with Crippen LogP contribution in [-0.4, -0.2) is 11.1 Å². The molecule has 0 aromatic heterocycles. The lowest BCUT2D eigenvalue weighted by molar-refractivity contribution is -0.137. The van der Waals surface area contributed by atoms with E-state index in [4.69, 9.17) is 5.11 Å². The van der Waals surface area contributed by atoms with Gasteiger partial charge in [-0.25, -0.2) is 0 Å². The molecule has 128 valence electrons. The lowest BCUT2D eigenvalue weighted by atomic mass is 9.90. The number of carboxylic acid groups (broad SMARTS) is 1. The summed E-state index contributed by atoms with van der Waals surface area (Å²) in [6, 6.07) is 0. The molecule has 0 aliphatic heterocycles. The average molecular weight is 309 g/mol. The number of allylic oxidation sites excluding steroid dienone is 2. The number of unbranched alkanes of at least 4 members (excludes halogenated alkanes) is 7. The molecule has 0 saturated heterocycles. The van der Waals surface area contributed by atoms with Gasteiger partial charge in [0, 0.05) is 6.42 Å². The Hall–Kier alpha value is -0.790. The van der Waals surface area contributed by atoms with Crippen LogP contribution in [0.3, 0.4) is 0 Å². The molecule has 0 bridgehead atoms. The number of hydrogen-bond donors (Lipinski definition) is 1. The van der Waals surface area contributed by atoms with Crippen molar-refractivity contribution in [3.8, 4) is 0 Å². The van der Waals surface area contributed by atoms with Crippen molar-refractivity contribution >= 4 is 5.97 Å². The molecule has 1 aliphatic carbocycles. The number of carboxylic acids is 1. The van der Waals surface area contributed by atoms with Gasteiger partial charge in [-0.1, -0.05) is 64.0 Å². The van der Waals surface area contributed by atoms with E-state index in [-0.39, 0.29) is 0 Å². The summed E-state index contributed by atoms with van der Waals surface area (Å²) in [5.41, 5.74) is 0. The zero-order chi connectivity index (χ0) is 16.0. The molecule has 1 saturated carbocycles. The Morgan fingerprint density at radius 1 is 1.05 bits per heavy atom. The highest BCUT2D eigenvalue weighted by molar-refractivity contribution is 5.66. The van der Waals surface area contributed by atoms with Gasteiger partial charge in [-0.2, -0.15) is 0 Å². The van der Waals surface area contributed by atoms with Crippen molar-refractivity contribution in [1.82, 2.24) is 0 Å². The van der Waals surface area contributed by atoms with Gasteiger partial charge in [0.1, 0.15) is 0 Å². The summed E-state index contributed by atoms with van der Waals surface area (Å²) in [5, 5.41) is 8.62. The van der Waals surface area contributed by atoms with Crippen molar-refractivity contribution in [1.29, 1.82) is 0 Å². The van der Waals surface area contributed by atoms with E-state index >= 15 is 0 Å². The largest absolute Gasteiger partial charge is 0.481 e. The number of aliphatic carboxylic acids is 1. The minimum atomic E-state index is -0.653. The van der Waals surface area contributed by atoms with Crippen molar-refractivity contribution < 1.29 is 9.90 Å². The molecule has 2 nitrogen and oxygen atoms in total. The van der Waals surface area contributed by atoms with E-state index in [2.05, 4.69) is 19.1 Å². The smallest absolute Gasteiger partial charge is 0.303 e. The van der Waals surface area contributed by atoms with Gasteiger partial charge in [0.2, 0.25) is 0 Å². The Morgan fingerprint density at radius 2 is 1.82 bits per heavy atom. The summed E-state index contributed by atoms with van der Waals surface area (Å²) < 4.78 is 0. The molecular weight excluding hydrogens is 272 g/mol. The van der Waals surface area contributed by atoms with Crippen LogP contribution < -0.4 is 0 Å². The highest BCUT2D eigenvalue weighted by Crippen LogP contribution is 2.36. The van der Waals surface area contributed by atoms with Crippen LogP contribution in [0, 0.1) is 11.8 Å². The quantitative estimate of drug-likeness (QED) is 0.318. The summed E-state index contributed by atoms with van der Waals surface area (Å²) in [5.74, 6) is 1.07. The molecule has 2 atom stereocenters. The molecule has 0 amide bonds. The van der Waals surface area contributed by atoms with Crippen LogP contribution in [-0.2, 0) is 4.79 Å². The average Bonchev–Trinajstić information content (AvgIpc) is 2.93. The Balaban J connectivity index is 2.07. The lowest BCUT2D eigenvalue weighted by Crippen LogP contribution is -2.05. The van der Waals surface area contributed by atoms with Gasteiger partial charge in [-0.15, -0.1) is 0 Å². The Bertz CT molecular complexity index is 309. The van der Waals surface area contributed by atoms with Crippen LogP contribution in [0.1, 0.15) is 96.8 Å². The molecule has 0 aromatic carbocycles. The second-order valence-electron chi connectivity index (χ2n) is 6.98. The lowest BCUT2D eigenvalue weighted by Gasteiger charge is -2.16. The standard InChI is InChI=1S/C20H36O2/c1-2-3-4-5-6-9-13-18-15-12-16-19(18)14-10-7-8-11-17-20(21)22/h9,13,18-19H,2-8,10-12,14-17H2,1H3,(H,21,22)/t18-,19+/m0/s1. The van der Waals surface area contributed by atoms with Crippen LogP contribution in [0.4, 0.5) is 0 Å². The molecule has 0 unspecified atom stereocenters. The topological polar surface area (TPSA) is 37.3 Å². The summed E-state index contributed by atoms with van der Waals surface area (Å²) in [7, 11) is 0. The fourth-order valence-corrected chi connectivity index (χ4v) is 3.67. The van der Waals surface area contributed by atoms with Crippen LogP contribution in [0.25, 0.3) is 0 Å². The maximum atomic E-state index is 10.5. The van der Waals surface area contributed by atoms with Crippen molar-refractivity contribution in [3.63, 3.8) is 0 Å². The van der Waals surface area contributed by atoms with E-state index in [0.29, 0.717) is 6.42 Å². The van der Waals surface area contributed by atoms with E-state index in [0.717, 1.165) is 24.7 Å². The summed E-state index contributed by atoms with van der Waals surface area (Å²) in [6.45, 7) is 2.26. The molecule has 0 aromatic rings. The Labute approximate surface area is 137 Å². The molecule has 1 fully saturated rings. The van der Waals surface area contributed by atoms with Gasteiger partial charge in [0.05, 0.1) is 0 Å². The predicted molar refractivity (Wildman–Crippen MR) is 94.1 cm³/mol. The first-order valence-corrected chi connectivity index (χ1v) is 9.62. The number of rotatable bonds is 13. The van der Waals surface area contributed by atoms with Gasteiger partial charge >= 0.3 is 5.97 Å². The molecule has 0 heterocycles. The van der Waals surface area contributed by atoms with Gasteiger partial charge in [0.25, 0.3) is 0 Å². The third-order valence-corrected chi connectivity index (χ3v) is 5.04.